The lowest BCUT2D eigenvalue weighted by Gasteiger charge is -2.09. The monoisotopic (exact) mass is 217 g/mol. The van der Waals surface area contributed by atoms with Crippen LogP contribution in [0.15, 0.2) is 6.20 Å². The van der Waals surface area contributed by atoms with Crippen molar-refractivity contribution in [2.45, 2.75) is 26.7 Å². The molecule has 2 aromatic rings. The first-order valence-electron chi connectivity index (χ1n) is 5.30. The van der Waals surface area contributed by atoms with Crippen molar-refractivity contribution >= 4 is 22.8 Å². The zero-order valence-electron chi connectivity index (χ0n) is 9.49. The van der Waals surface area contributed by atoms with Crippen LogP contribution < -0.4 is 11.5 Å². The number of hydrogen-bond acceptors (Lipinski definition) is 5. The second kappa shape index (κ2) is 3.92. The molecule has 84 valence electrons. The summed E-state index contributed by atoms with van der Waals surface area (Å²) in [6, 6.07) is 0. The molecule has 0 saturated heterocycles. The Labute approximate surface area is 93.9 Å². The smallest absolute Gasteiger partial charge is 0.224 e. The van der Waals surface area contributed by atoms with E-state index in [0.29, 0.717) is 11.5 Å². The molecule has 5 nitrogen and oxygen atoms in total. The zero-order chi connectivity index (χ0) is 11.7. The summed E-state index contributed by atoms with van der Waals surface area (Å²) in [7, 11) is 0. The fourth-order valence-electron chi connectivity index (χ4n) is 1.85. The van der Waals surface area contributed by atoms with E-state index in [9.17, 15) is 0 Å². The normalized spacial score (nSPS) is 10.9. The Morgan fingerprint density at radius 3 is 2.69 bits per heavy atom. The van der Waals surface area contributed by atoms with Crippen LogP contribution in [0.2, 0.25) is 0 Å². The van der Waals surface area contributed by atoms with E-state index in [0.717, 1.165) is 23.8 Å². The highest BCUT2D eigenvalue weighted by atomic mass is 15.1. The van der Waals surface area contributed by atoms with Gasteiger partial charge in [-0.2, -0.15) is 9.97 Å². The number of aryl methyl sites for hydroxylation is 2. The first-order valence-corrected chi connectivity index (χ1v) is 5.30. The summed E-state index contributed by atoms with van der Waals surface area (Å²) in [6.45, 7) is 4.15. The maximum Gasteiger partial charge on any atom is 0.224 e. The summed E-state index contributed by atoms with van der Waals surface area (Å²) >= 11 is 0. The molecule has 16 heavy (non-hydrogen) atoms. The summed E-state index contributed by atoms with van der Waals surface area (Å²) in [6.07, 6.45) is 3.90. The number of aromatic nitrogens is 3. The lowest BCUT2D eigenvalue weighted by molar-refractivity contribution is 0.907. The van der Waals surface area contributed by atoms with E-state index in [-0.39, 0.29) is 5.95 Å². The quantitative estimate of drug-likeness (QED) is 0.794. The first kappa shape index (κ1) is 10.6. The SMILES string of the molecule is CCCc1cnc2nc(N)nc(N)c2c1C. The third-order valence-corrected chi connectivity index (χ3v) is 2.65. The van der Waals surface area contributed by atoms with Crippen LogP contribution in [0.4, 0.5) is 11.8 Å². The number of fused-ring (bicyclic) bond motifs is 1. The molecule has 0 unspecified atom stereocenters. The van der Waals surface area contributed by atoms with Gasteiger partial charge in [-0.25, -0.2) is 4.98 Å². The van der Waals surface area contributed by atoms with Gasteiger partial charge in [-0.15, -0.1) is 0 Å². The fraction of sp³-hybridized carbons (Fsp3) is 0.364. The van der Waals surface area contributed by atoms with Crippen molar-refractivity contribution in [3.63, 3.8) is 0 Å². The van der Waals surface area contributed by atoms with Crippen molar-refractivity contribution in [3.05, 3.63) is 17.3 Å². The number of nitrogens with zero attached hydrogens (tertiary/aromatic N) is 3. The molecule has 0 bridgehead atoms. The largest absolute Gasteiger partial charge is 0.383 e. The average Bonchev–Trinajstić information content (AvgIpc) is 2.21. The van der Waals surface area contributed by atoms with Gasteiger partial charge in [0.25, 0.3) is 0 Å². The van der Waals surface area contributed by atoms with Gasteiger partial charge in [-0.05, 0) is 24.5 Å². The Balaban J connectivity index is 2.73. The Hall–Kier alpha value is -1.91. The van der Waals surface area contributed by atoms with Gasteiger partial charge in [0, 0.05) is 6.20 Å². The van der Waals surface area contributed by atoms with Crippen LogP contribution in [0.25, 0.3) is 11.0 Å². The van der Waals surface area contributed by atoms with Crippen LogP contribution in [0.3, 0.4) is 0 Å². The van der Waals surface area contributed by atoms with E-state index in [1.54, 1.807) is 0 Å². The number of nitrogen functional groups attached to an aromatic ring is 2. The average molecular weight is 217 g/mol. The molecule has 0 atom stereocenters. The van der Waals surface area contributed by atoms with Crippen LogP contribution in [-0.2, 0) is 6.42 Å². The maximum atomic E-state index is 5.85. The summed E-state index contributed by atoms with van der Waals surface area (Å²) in [5, 5.41) is 0.820. The molecule has 0 amide bonds. The minimum atomic E-state index is 0.167. The number of nitrogens with two attached hydrogens (primary N) is 2. The van der Waals surface area contributed by atoms with E-state index >= 15 is 0 Å². The van der Waals surface area contributed by atoms with Crippen LogP contribution in [-0.4, -0.2) is 15.0 Å². The fourth-order valence-corrected chi connectivity index (χ4v) is 1.85. The van der Waals surface area contributed by atoms with Crippen molar-refractivity contribution < 1.29 is 0 Å². The summed E-state index contributed by atoms with van der Waals surface area (Å²) in [5.41, 5.74) is 14.2. The maximum absolute atomic E-state index is 5.85. The predicted molar refractivity (Wildman–Crippen MR) is 64.9 cm³/mol. The Bertz CT molecular complexity index is 535. The third-order valence-electron chi connectivity index (χ3n) is 2.65. The van der Waals surface area contributed by atoms with E-state index in [1.807, 2.05) is 13.1 Å². The summed E-state index contributed by atoms with van der Waals surface area (Å²) < 4.78 is 0. The second-order valence-electron chi connectivity index (χ2n) is 3.82. The molecule has 0 fully saturated rings. The van der Waals surface area contributed by atoms with Crippen LogP contribution in [0, 0.1) is 6.92 Å². The summed E-state index contributed by atoms with van der Waals surface area (Å²) in [4.78, 5) is 12.3. The number of anilines is 2. The van der Waals surface area contributed by atoms with Crippen LogP contribution in [0.5, 0.6) is 0 Å². The lowest BCUT2D eigenvalue weighted by Crippen LogP contribution is -2.04. The van der Waals surface area contributed by atoms with Gasteiger partial charge in [0.15, 0.2) is 5.65 Å². The molecule has 2 heterocycles. The van der Waals surface area contributed by atoms with Gasteiger partial charge < -0.3 is 11.5 Å². The Morgan fingerprint density at radius 2 is 2.00 bits per heavy atom. The molecule has 2 aromatic heterocycles. The van der Waals surface area contributed by atoms with Gasteiger partial charge in [0.2, 0.25) is 5.95 Å². The van der Waals surface area contributed by atoms with Gasteiger partial charge >= 0.3 is 0 Å². The molecule has 2 rings (SSSR count). The molecule has 0 saturated carbocycles. The first-order chi connectivity index (χ1) is 7.63. The highest BCUT2D eigenvalue weighted by Gasteiger charge is 2.10. The van der Waals surface area contributed by atoms with Gasteiger partial charge in [0.05, 0.1) is 5.39 Å². The number of pyridine rings is 1. The van der Waals surface area contributed by atoms with Crippen LogP contribution >= 0.6 is 0 Å². The number of hydrogen-bond donors (Lipinski definition) is 2. The van der Waals surface area contributed by atoms with Crippen LogP contribution in [0.1, 0.15) is 24.5 Å². The van der Waals surface area contributed by atoms with E-state index in [4.69, 9.17) is 11.5 Å². The lowest BCUT2D eigenvalue weighted by atomic mass is 10.0. The Kier molecular flexibility index (Phi) is 2.60. The third kappa shape index (κ3) is 1.64. The van der Waals surface area contributed by atoms with Crippen molar-refractivity contribution in [1.29, 1.82) is 0 Å². The van der Waals surface area contributed by atoms with E-state index in [2.05, 4.69) is 21.9 Å². The van der Waals surface area contributed by atoms with Gasteiger partial charge in [0.1, 0.15) is 5.82 Å². The molecule has 0 radical (unpaired) electrons. The molecule has 0 spiro atoms. The second-order valence-corrected chi connectivity index (χ2v) is 3.82. The zero-order valence-corrected chi connectivity index (χ0v) is 9.49. The minimum absolute atomic E-state index is 0.167. The molecule has 0 aliphatic rings. The van der Waals surface area contributed by atoms with Crippen molar-refractivity contribution in [2.75, 3.05) is 11.5 Å². The van der Waals surface area contributed by atoms with Crippen molar-refractivity contribution in [3.8, 4) is 0 Å². The van der Waals surface area contributed by atoms with Crippen molar-refractivity contribution in [2.24, 2.45) is 0 Å². The highest BCUT2D eigenvalue weighted by molar-refractivity contribution is 5.89. The summed E-state index contributed by atoms with van der Waals surface area (Å²) in [5.74, 6) is 0.575. The van der Waals surface area contributed by atoms with Gasteiger partial charge in [-0.1, -0.05) is 13.3 Å². The molecule has 0 aromatic carbocycles. The standard InChI is InChI=1S/C11H15N5/c1-3-4-7-5-14-10-8(6(7)2)9(12)15-11(13)16-10/h5H,3-4H2,1-2H3,(H4,12,13,14,15,16). The highest BCUT2D eigenvalue weighted by Crippen LogP contribution is 2.24. The Morgan fingerprint density at radius 1 is 1.25 bits per heavy atom. The molecule has 0 aliphatic carbocycles. The molecule has 5 heteroatoms. The van der Waals surface area contributed by atoms with E-state index < -0.39 is 0 Å². The predicted octanol–water partition coefficient (Wildman–Crippen LogP) is 1.45. The van der Waals surface area contributed by atoms with Gasteiger partial charge in [-0.3, -0.25) is 0 Å². The number of rotatable bonds is 2. The molecule has 4 N–H and O–H groups in total. The minimum Gasteiger partial charge on any atom is -0.383 e. The molecular weight excluding hydrogens is 202 g/mol. The topological polar surface area (TPSA) is 90.7 Å². The molecular formula is C11H15N5. The van der Waals surface area contributed by atoms with E-state index in [1.165, 1.54) is 5.56 Å². The van der Waals surface area contributed by atoms with Crippen molar-refractivity contribution in [1.82, 2.24) is 15.0 Å². The molecule has 0 aliphatic heterocycles.